The number of nitrogens with one attached hydrogen (secondary N) is 1. The number of rotatable bonds is 4. The van der Waals surface area contributed by atoms with Crippen molar-refractivity contribution in [2.24, 2.45) is 0 Å². The van der Waals surface area contributed by atoms with Gasteiger partial charge in [0.2, 0.25) is 0 Å². The molecule has 0 saturated carbocycles. The number of halogens is 3. The van der Waals surface area contributed by atoms with Crippen LogP contribution in [0.2, 0.25) is 5.02 Å². The molecular weight excluding hydrogens is 560 g/mol. The fourth-order valence-corrected chi connectivity index (χ4v) is 4.38. The van der Waals surface area contributed by atoms with Gasteiger partial charge in [-0.2, -0.15) is 0 Å². The molecule has 0 unspecified atom stereocenters. The summed E-state index contributed by atoms with van der Waals surface area (Å²) in [5.74, 6) is -1.44. The SMILES string of the molecule is O=C1NC(=O)N(c2ccc(Cl)cc2)C(=O)/C1=C/c1ccc(Cc2ccccc2Br)c(Br)c1. The summed E-state index contributed by atoms with van der Waals surface area (Å²) in [6.45, 7) is 0. The van der Waals surface area contributed by atoms with Crippen LogP contribution in [0.4, 0.5) is 10.5 Å². The van der Waals surface area contributed by atoms with Gasteiger partial charge in [-0.1, -0.05) is 73.8 Å². The molecule has 1 heterocycles. The first-order valence-corrected chi connectivity index (χ1v) is 11.5. The van der Waals surface area contributed by atoms with Gasteiger partial charge in [-0.3, -0.25) is 14.9 Å². The van der Waals surface area contributed by atoms with Gasteiger partial charge in [-0.25, -0.2) is 9.69 Å². The van der Waals surface area contributed by atoms with Crippen LogP contribution in [0.3, 0.4) is 0 Å². The molecule has 8 heteroatoms. The Bertz CT molecular complexity index is 1270. The minimum Gasteiger partial charge on any atom is -0.273 e. The van der Waals surface area contributed by atoms with Crippen molar-refractivity contribution in [2.45, 2.75) is 6.42 Å². The predicted molar refractivity (Wildman–Crippen MR) is 132 cm³/mol. The third kappa shape index (κ3) is 4.70. The number of benzene rings is 3. The third-order valence-corrected chi connectivity index (χ3v) is 6.68. The topological polar surface area (TPSA) is 66.5 Å². The minimum absolute atomic E-state index is 0.134. The van der Waals surface area contributed by atoms with E-state index in [1.54, 1.807) is 24.3 Å². The molecule has 4 rings (SSSR count). The highest BCUT2D eigenvalue weighted by Crippen LogP contribution is 2.27. The summed E-state index contributed by atoms with van der Waals surface area (Å²) in [5, 5.41) is 2.69. The van der Waals surface area contributed by atoms with Crippen LogP contribution in [0.1, 0.15) is 16.7 Å². The highest BCUT2D eigenvalue weighted by atomic mass is 79.9. The summed E-state index contributed by atoms with van der Waals surface area (Å²) in [6, 6.07) is 19.0. The maximum absolute atomic E-state index is 13.0. The van der Waals surface area contributed by atoms with Crippen molar-refractivity contribution in [1.82, 2.24) is 5.32 Å². The van der Waals surface area contributed by atoms with E-state index in [-0.39, 0.29) is 5.57 Å². The minimum atomic E-state index is -0.801. The molecule has 160 valence electrons. The predicted octanol–water partition coefficient (Wildman–Crippen LogP) is 6.12. The summed E-state index contributed by atoms with van der Waals surface area (Å²) in [5.41, 5.74) is 3.02. The molecule has 0 aliphatic carbocycles. The number of barbiturate groups is 1. The third-order valence-electron chi connectivity index (χ3n) is 4.91. The second kappa shape index (κ2) is 9.40. The summed E-state index contributed by atoms with van der Waals surface area (Å²) >= 11 is 13.0. The maximum Gasteiger partial charge on any atom is 0.335 e. The zero-order valence-electron chi connectivity index (χ0n) is 16.4. The molecule has 0 aromatic heterocycles. The lowest BCUT2D eigenvalue weighted by molar-refractivity contribution is -0.122. The molecule has 0 bridgehead atoms. The average Bonchev–Trinajstić information content (AvgIpc) is 2.75. The second-order valence-corrected chi connectivity index (χ2v) is 9.20. The molecule has 0 radical (unpaired) electrons. The first kappa shape index (κ1) is 22.5. The Labute approximate surface area is 206 Å². The van der Waals surface area contributed by atoms with Crippen LogP contribution in [-0.4, -0.2) is 17.8 Å². The molecule has 32 heavy (non-hydrogen) atoms. The Hall–Kier alpha value is -2.74. The van der Waals surface area contributed by atoms with Gasteiger partial charge in [0, 0.05) is 14.0 Å². The van der Waals surface area contributed by atoms with Crippen LogP contribution in [0.15, 0.2) is 81.2 Å². The fourth-order valence-electron chi connectivity index (χ4n) is 3.29. The number of hydrogen-bond donors (Lipinski definition) is 1. The van der Waals surface area contributed by atoms with Gasteiger partial charge >= 0.3 is 6.03 Å². The summed E-state index contributed by atoms with van der Waals surface area (Å²) in [7, 11) is 0. The van der Waals surface area contributed by atoms with E-state index < -0.39 is 17.8 Å². The van der Waals surface area contributed by atoms with Crippen LogP contribution in [0, 0.1) is 0 Å². The van der Waals surface area contributed by atoms with E-state index in [4.69, 9.17) is 11.6 Å². The number of urea groups is 1. The lowest BCUT2D eigenvalue weighted by Crippen LogP contribution is -2.54. The van der Waals surface area contributed by atoms with Crippen molar-refractivity contribution >= 4 is 73.1 Å². The lowest BCUT2D eigenvalue weighted by Gasteiger charge is -2.26. The number of imide groups is 2. The van der Waals surface area contributed by atoms with Gasteiger partial charge in [0.05, 0.1) is 5.69 Å². The van der Waals surface area contributed by atoms with Crippen molar-refractivity contribution in [3.63, 3.8) is 0 Å². The Kier molecular flexibility index (Phi) is 6.60. The molecule has 3 aromatic rings. The second-order valence-electron chi connectivity index (χ2n) is 7.05. The van der Waals surface area contributed by atoms with E-state index in [2.05, 4.69) is 37.2 Å². The number of hydrogen-bond acceptors (Lipinski definition) is 3. The van der Waals surface area contributed by atoms with Gasteiger partial charge < -0.3 is 0 Å². The van der Waals surface area contributed by atoms with Crippen molar-refractivity contribution in [1.29, 1.82) is 0 Å². The Morgan fingerprint density at radius 2 is 1.56 bits per heavy atom. The van der Waals surface area contributed by atoms with Crippen LogP contribution in [-0.2, 0) is 16.0 Å². The summed E-state index contributed by atoms with van der Waals surface area (Å²) in [4.78, 5) is 38.6. The average molecular weight is 575 g/mol. The first-order valence-electron chi connectivity index (χ1n) is 9.52. The summed E-state index contributed by atoms with van der Waals surface area (Å²) in [6.07, 6.45) is 2.18. The Morgan fingerprint density at radius 3 is 2.25 bits per heavy atom. The Morgan fingerprint density at radius 1 is 0.875 bits per heavy atom. The monoisotopic (exact) mass is 572 g/mol. The molecule has 1 fully saturated rings. The van der Waals surface area contributed by atoms with Crippen molar-refractivity contribution in [3.05, 3.63) is 103 Å². The van der Waals surface area contributed by atoms with Gasteiger partial charge in [-0.15, -0.1) is 0 Å². The molecule has 0 atom stereocenters. The van der Waals surface area contributed by atoms with Gasteiger partial charge in [0.25, 0.3) is 11.8 Å². The number of nitrogens with zero attached hydrogens (tertiary/aromatic N) is 1. The van der Waals surface area contributed by atoms with Crippen LogP contribution < -0.4 is 10.2 Å². The molecule has 1 aliphatic heterocycles. The smallest absolute Gasteiger partial charge is 0.273 e. The quantitative estimate of drug-likeness (QED) is 0.302. The van der Waals surface area contributed by atoms with Crippen LogP contribution >= 0.6 is 43.5 Å². The molecule has 4 amide bonds. The highest BCUT2D eigenvalue weighted by molar-refractivity contribution is 9.10. The van der Waals surface area contributed by atoms with E-state index >= 15 is 0 Å². The zero-order chi connectivity index (χ0) is 22.8. The number of amides is 4. The van der Waals surface area contributed by atoms with Crippen LogP contribution in [0.5, 0.6) is 0 Å². The van der Waals surface area contributed by atoms with Crippen molar-refractivity contribution < 1.29 is 14.4 Å². The van der Waals surface area contributed by atoms with E-state index in [1.165, 1.54) is 6.08 Å². The molecule has 1 N–H and O–H groups in total. The number of carbonyl (C=O) groups excluding carboxylic acids is 3. The van der Waals surface area contributed by atoms with Gasteiger partial charge in [0.1, 0.15) is 5.57 Å². The van der Waals surface area contributed by atoms with E-state index in [1.807, 2.05) is 42.5 Å². The lowest BCUT2D eigenvalue weighted by atomic mass is 10.0. The van der Waals surface area contributed by atoms with E-state index in [0.29, 0.717) is 22.7 Å². The largest absolute Gasteiger partial charge is 0.335 e. The standard InChI is InChI=1S/C24H15Br2ClN2O3/c25-20-4-2-1-3-15(20)13-16-6-5-14(12-21(16)26)11-19-22(30)28-24(32)29(23(19)31)18-9-7-17(27)8-10-18/h1-12H,13H2,(H,28,30,32)/b19-11+. The number of carbonyl (C=O) groups is 3. The molecular formula is C24H15Br2ClN2O3. The first-order chi connectivity index (χ1) is 15.3. The van der Waals surface area contributed by atoms with Gasteiger partial charge in [-0.05, 0) is 65.6 Å². The van der Waals surface area contributed by atoms with E-state index in [9.17, 15) is 14.4 Å². The molecule has 1 aliphatic rings. The summed E-state index contributed by atoms with van der Waals surface area (Å²) < 4.78 is 1.87. The Balaban J connectivity index is 1.63. The van der Waals surface area contributed by atoms with E-state index in [0.717, 1.165) is 25.0 Å². The maximum atomic E-state index is 13.0. The molecule has 5 nitrogen and oxygen atoms in total. The van der Waals surface area contributed by atoms with Crippen molar-refractivity contribution in [3.8, 4) is 0 Å². The van der Waals surface area contributed by atoms with Crippen LogP contribution in [0.25, 0.3) is 6.08 Å². The molecule has 1 saturated heterocycles. The normalized spacial score (nSPS) is 15.3. The molecule has 0 spiro atoms. The number of anilines is 1. The highest BCUT2D eigenvalue weighted by Gasteiger charge is 2.36. The molecule has 3 aromatic carbocycles. The van der Waals surface area contributed by atoms with Gasteiger partial charge in [0.15, 0.2) is 0 Å². The van der Waals surface area contributed by atoms with Crippen molar-refractivity contribution in [2.75, 3.05) is 4.90 Å². The fraction of sp³-hybridized carbons (Fsp3) is 0.0417. The zero-order valence-corrected chi connectivity index (χ0v) is 20.4.